The summed E-state index contributed by atoms with van der Waals surface area (Å²) < 4.78 is 0. The molecule has 1 aromatic carbocycles. The Hall–Kier alpha value is -1.51. The Bertz CT molecular complexity index is 456. The molecule has 0 atom stereocenters. The molecule has 21 heavy (non-hydrogen) atoms. The molecule has 0 saturated heterocycles. The van der Waals surface area contributed by atoms with E-state index in [-0.39, 0.29) is 11.4 Å². The zero-order valence-corrected chi connectivity index (χ0v) is 14.2. The Kier molecular flexibility index (Phi) is 6.73. The molecule has 118 valence electrons. The van der Waals surface area contributed by atoms with Crippen LogP contribution in [0.5, 0.6) is 0 Å². The Morgan fingerprint density at radius 2 is 1.71 bits per heavy atom. The fourth-order valence-corrected chi connectivity index (χ4v) is 2.59. The highest BCUT2D eigenvalue weighted by Gasteiger charge is 2.27. The molecule has 0 aliphatic carbocycles. The first-order valence-electron chi connectivity index (χ1n) is 8.18. The maximum absolute atomic E-state index is 12.7. The molecule has 0 aromatic heterocycles. The van der Waals surface area contributed by atoms with Crippen LogP contribution >= 0.6 is 0 Å². The summed E-state index contributed by atoms with van der Waals surface area (Å²) in [5.74, 6) is 0.0270. The number of rotatable bonds is 8. The van der Waals surface area contributed by atoms with Gasteiger partial charge in [0.25, 0.3) is 5.91 Å². The van der Waals surface area contributed by atoms with Gasteiger partial charge in [-0.2, -0.15) is 0 Å². The van der Waals surface area contributed by atoms with E-state index in [0.29, 0.717) is 0 Å². The minimum Gasteiger partial charge on any atom is -0.384 e. The van der Waals surface area contributed by atoms with Crippen LogP contribution in [0.25, 0.3) is 0 Å². The van der Waals surface area contributed by atoms with Crippen LogP contribution in [-0.4, -0.2) is 18.0 Å². The molecule has 1 rings (SSSR count). The molecule has 2 N–H and O–H groups in total. The van der Waals surface area contributed by atoms with E-state index in [2.05, 4.69) is 44.4 Å². The minimum absolute atomic E-state index is 0.0270. The highest BCUT2D eigenvalue weighted by Crippen LogP contribution is 2.23. The van der Waals surface area contributed by atoms with Gasteiger partial charge in [-0.25, -0.2) is 0 Å². The zero-order chi connectivity index (χ0) is 15.9. The van der Waals surface area contributed by atoms with Crippen molar-refractivity contribution in [1.82, 2.24) is 5.32 Å². The van der Waals surface area contributed by atoms with Gasteiger partial charge in [-0.05, 0) is 50.3 Å². The third-order valence-electron chi connectivity index (χ3n) is 4.39. The van der Waals surface area contributed by atoms with Crippen LogP contribution < -0.4 is 10.6 Å². The Morgan fingerprint density at radius 1 is 1.10 bits per heavy atom. The zero-order valence-electron chi connectivity index (χ0n) is 14.2. The maximum atomic E-state index is 12.7. The number of hydrogen-bond acceptors (Lipinski definition) is 2. The molecule has 0 spiro atoms. The quantitative estimate of drug-likeness (QED) is 0.739. The average molecular weight is 290 g/mol. The van der Waals surface area contributed by atoms with E-state index in [4.69, 9.17) is 0 Å². The van der Waals surface area contributed by atoms with Crippen molar-refractivity contribution in [2.24, 2.45) is 0 Å². The number of carbonyl (C=O) groups excluding carboxylic acids is 1. The van der Waals surface area contributed by atoms with Crippen LogP contribution in [0, 0.1) is 6.92 Å². The second-order valence-corrected chi connectivity index (χ2v) is 5.77. The van der Waals surface area contributed by atoms with Crippen LogP contribution in [0.2, 0.25) is 0 Å². The lowest BCUT2D eigenvalue weighted by Crippen LogP contribution is -2.47. The molecule has 1 amide bonds. The van der Waals surface area contributed by atoms with Crippen LogP contribution in [0.3, 0.4) is 0 Å². The van der Waals surface area contributed by atoms with Gasteiger partial charge in [0, 0.05) is 17.8 Å². The van der Waals surface area contributed by atoms with Crippen molar-refractivity contribution < 1.29 is 4.79 Å². The third-order valence-corrected chi connectivity index (χ3v) is 4.39. The first-order chi connectivity index (χ1) is 10.0. The lowest BCUT2D eigenvalue weighted by molar-refractivity contribution is 0.0889. The molecule has 0 radical (unpaired) electrons. The van der Waals surface area contributed by atoms with Crippen LogP contribution in [0.4, 0.5) is 5.69 Å². The molecule has 0 fully saturated rings. The van der Waals surface area contributed by atoms with Crippen LogP contribution in [-0.2, 0) is 0 Å². The first-order valence-corrected chi connectivity index (χ1v) is 8.18. The fraction of sp³-hybridized carbons (Fsp3) is 0.611. The lowest BCUT2D eigenvalue weighted by Gasteiger charge is -2.32. The normalized spacial score (nSPS) is 11.3. The minimum atomic E-state index is -0.0933. The maximum Gasteiger partial charge on any atom is 0.253 e. The van der Waals surface area contributed by atoms with Crippen molar-refractivity contribution in [2.45, 2.75) is 65.8 Å². The van der Waals surface area contributed by atoms with E-state index >= 15 is 0 Å². The summed E-state index contributed by atoms with van der Waals surface area (Å²) in [6, 6.07) is 5.97. The SMILES string of the molecule is CCCNc1cc(C)ccc1C(=O)NC(CC)(CC)CC. The summed E-state index contributed by atoms with van der Waals surface area (Å²) >= 11 is 0. The van der Waals surface area contributed by atoms with E-state index < -0.39 is 0 Å². The number of amides is 1. The van der Waals surface area contributed by atoms with Gasteiger partial charge in [-0.15, -0.1) is 0 Å². The largest absolute Gasteiger partial charge is 0.384 e. The van der Waals surface area contributed by atoms with Crippen molar-refractivity contribution in [2.75, 3.05) is 11.9 Å². The van der Waals surface area contributed by atoms with E-state index in [1.807, 2.05) is 19.1 Å². The van der Waals surface area contributed by atoms with E-state index in [0.717, 1.165) is 49.0 Å². The van der Waals surface area contributed by atoms with Crippen molar-refractivity contribution in [3.8, 4) is 0 Å². The van der Waals surface area contributed by atoms with Crippen molar-refractivity contribution >= 4 is 11.6 Å². The first kappa shape index (κ1) is 17.5. The number of nitrogens with one attached hydrogen (secondary N) is 2. The van der Waals surface area contributed by atoms with Gasteiger partial charge in [0.15, 0.2) is 0 Å². The number of carbonyl (C=O) groups is 1. The van der Waals surface area contributed by atoms with Crippen LogP contribution in [0.1, 0.15) is 69.3 Å². The van der Waals surface area contributed by atoms with Crippen molar-refractivity contribution in [3.05, 3.63) is 29.3 Å². The fourth-order valence-electron chi connectivity index (χ4n) is 2.59. The van der Waals surface area contributed by atoms with Gasteiger partial charge < -0.3 is 10.6 Å². The summed E-state index contributed by atoms with van der Waals surface area (Å²) in [7, 11) is 0. The number of benzene rings is 1. The smallest absolute Gasteiger partial charge is 0.253 e. The molecule has 0 unspecified atom stereocenters. The number of hydrogen-bond donors (Lipinski definition) is 2. The van der Waals surface area contributed by atoms with E-state index in [9.17, 15) is 4.79 Å². The molecule has 0 saturated carbocycles. The van der Waals surface area contributed by atoms with Crippen LogP contribution in [0.15, 0.2) is 18.2 Å². The van der Waals surface area contributed by atoms with Gasteiger partial charge in [-0.1, -0.05) is 33.8 Å². The van der Waals surface area contributed by atoms with Gasteiger partial charge in [-0.3, -0.25) is 4.79 Å². The Morgan fingerprint density at radius 3 is 2.24 bits per heavy atom. The predicted octanol–water partition coefficient (Wildman–Crippen LogP) is 4.52. The summed E-state index contributed by atoms with van der Waals surface area (Å²) in [5.41, 5.74) is 2.75. The molecule has 0 heterocycles. The summed E-state index contributed by atoms with van der Waals surface area (Å²) in [6.07, 6.45) is 3.90. The molecule has 0 bridgehead atoms. The summed E-state index contributed by atoms with van der Waals surface area (Å²) in [6.45, 7) is 11.5. The highest BCUT2D eigenvalue weighted by molar-refractivity contribution is 6.00. The van der Waals surface area contributed by atoms with Gasteiger partial charge in [0.2, 0.25) is 0 Å². The van der Waals surface area contributed by atoms with Crippen molar-refractivity contribution in [1.29, 1.82) is 0 Å². The average Bonchev–Trinajstić information content (AvgIpc) is 2.50. The Balaban J connectivity index is 3.00. The monoisotopic (exact) mass is 290 g/mol. The Labute approximate surface area is 129 Å². The molecule has 3 heteroatoms. The predicted molar refractivity (Wildman–Crippen MR) is 91.0 cm³/mol. The lowest BCUT2D eigenvalue weighted by atomic mass is 9.89. The van der Waals surface area contributed by atoms with Crippen molar-refractivity contribution in [3.63, 3.8) is 0 Å². The number of anilines is 1. The van der Waals surface area contributed by atoms with E-state index in [1.54, 1.807) is 0 Å². The highest BCUT2D eigenvalue weighted by atomic mass is 16.1. The second kappa shape index (κ2) is 8.06. The molecule has 0 aliphatic heterocycles. The summed E-state index contributed by atoms with van der Waals surface area (Å²) in [4.78, 5) is 12.7. The van der Waals surface area contributed by atoms with Gasteiger partial charge in [0.05, 0.1) is 5.56 Å². The molecule has 3 nitrogen and oxygen atoms in total. The molecule has 1 aromatic rings. The third kappa shape index (κ3) is 4.48. The standard InChI is InChI=1S/C18H30N2O/c1-6-12-19-16-13-14(5)10-11-15(16)17(21)20-18(7-2,8-3)9-4/h10-11,13,19H,6-9,12H2,1-5H3,(H,20,21). The molecular weight excluding hydrogens is 260 g/mol. The van der Waals surface area contributed by atoms with E-state index in [1.165, 1.54) is 0 Å². The molecular formula is C18H30N2O. The van der Waals surface area contributed by atoms with Gasteiger partial charge in [0.1, 0.15) is 0 Å². The topological polar surface area (TPSA) is 41.1 Å². The molecule has 0 aliphatic rings. The second-order valence-electron chi connectivity index (χ2n) is 5.77. The summed E-state index contributed by atoms with van der Waals surface area (Å²) in [5, 5.41) is 6.62. The van der Waals surface area contributed by atoms with Gasteiger partial charge >= 0.3 is 0 Å². The number of aryl methyl sites for hydroxylation is 1.